The van der Waals surface area contributed by atoms with Crippen molar-refractivity contribution in [2.45, 2.75) is 6.92 Å². The predicted molar refractivity (Wildman–Crippen MR) is 103 cm³/mol. The maximum atomic E-state index is 12.6. The Hall–Kier alpha value is -4.00. The van der Waals surface area contributed by atoms with Crippen LogP contribution >= 0.6 is 0 Å². The summed E-state index contributed by atoms with van der Waals surface area (Å²) < 4.78 is 5.21. The standard InChI is InChI=1S/C22H16N2O5/c1-13-9-16(28-2)7-8-17(13)14-10-15(12-23-11-14)22(27)29-24-20(25)18-5-3-4-6-19(18)21(24)26/h3-12H,1-2H3. The molecule has 3 aromatic rings. The van der Waals surface area contributed by atoms with E-state index in [4.69, 9.17) is 9.57 Å². The van der Waals surface area contributed by atoms with Gasteiger partial charge in [-0.25, -0.2) is 4.79 Å². The van der Waals surface area contributed by atoms with Crippen LogP contribution in [-0.2, 0) is 4.84 Å². The second kappa shape index (κ2) is 7.20. The van der Waals surface area contributed by atoms with Crippen molar-refractivity contribution in [3.8, 4) is 16.9 Å². The first-order chi connectivity index (χ1) is 14.0. The summed E-state index contributed by atoms with van der Waals surface area (Å²) in [6, 6.07) is 13.5. The van der Waals surface area contributed by atoms with E-state index in [1.165, 1.54) is 18.3 Å². The molecular weight excluding hydrogens is 372 g/mol. The topological polar surface area (TPSA) is 85.8 Å². The van der Waals surface area contributed by atoms with Crippen molar-refractivity contribution in [1.29, 1.82) is 0 Å². The molecule has 0 saturated heterocycles. The molecule has 4 rings (SSSR count). The predicted octanol–water partition coefficient (Wildman–Crippen LogP) is 3.43. The number of hydrogen-bond donors (Lipinski definition) is 0. The molecule has 0 aliphatic carbocycles. The highest BCUT2D eigenvalue weighted by Crippen LogP contribution is 2.28. The van der Waals surface area contributed by atoms with Crippen molar-refractivity contribution in [2.24, 2.45) is 0 Å². The lowest BCUT2D eigenvalue weighted by atomic mass is 10.0. The van der Waals surface area contributed by atoms with Crippen molar-refractivity contribution in [3.63, 3.8) is 0 Å². The molecule has 2 aromatic carbocycles. The van der Waals surface area contributed by atoms with Crippen LogP contribution in [0.25, 0.3) is 11.1 Å². The highest BCUT2D eigenvalue weighted by molar-refractivity contribution is 6.21. The lowest BCUT2D eigenvalue weighted by molar-refractivity contribution is -0.0584. The third kappa shape index (κ3) is 3.23. The van der Waals surface area contributed by atoms with E-state index < -0.39 is 17.8 Å². The van der Waals surface area contributed by atoms with Gasteiger partial charge in [0.05, 0.1) is 23.8 Å². The van der Waals surface area contributed by atoms with Gasteiger partial charge in [-0.1, -0.05) is 23.3 Å². The van der Waals surface area contributed by atoms with E-state index in [9.17, 15) is 14.4 Å². The Balaban J connectivity index is 1.59. The van der Waals surface area contributed by atoms with Crippen LogP contribution in [0, 0.1) is 6.92 Å². The molecule has 2 amide bonds. The lowest BCUT2D eigenvalue weighted by Crippen LogP contribution is -2.32. The maximum absolute atomic E-state index is 12.6. The van der Waals surface area contributed by atoms with Gasteiger partial charge in [0.1, 0.15) is 5.75 Å². The fourth-order valence-corrected chi connectivity index (χ4v) is 3.17. The number of carbonyl (C=O) groups excluding carboxylic acids is 3. The number of aryl methyl sites for hydroxylation is 1. The van der Waals surface area contributed by atoms with Crippen LogP contribution in [0.15, 0.2) is 60.9 Å². The smallest absolute Gasteiger partial charge is 0.365 e. The highest BCUT2D eigenvalue weighted by atomic mass is 16.7. The van der Waals surface area contributed by atoms with E-state index in [2.05, 4.69) is 4.98 Å². The monoisotopic (exact) mass is 388 g/mol. The van der Waals surface area contributed by atoms with Crippen molar-refractivity contribution in [3.05, 3.63) is 83.2 Å². The summed E-state index contributed by atoms with van der Waals surface area (Å²) in [5.41, 5.74) is 3.03. The van der Waals surface area contributed by atoms with Gasteiger partial charge < -0.3 is 9.57 Å². The Labute approximate surface area is 166 Å². The molecule has 0 atom stereocenters. The van der Waals surface area contributed by atoms with Crippen molar-refractivity contribution in [1.82, 2.24) is 10.0 Å². The number of pyridine rings is 1. The minimum atomic E-state index is -0.847. The first-order valence-corrected chi connectivity index (χ1v) is 8.80. The summed E-state index contributed by atoms with van der Waals surface area (Å²) in [5, 5.41) is 0.484. The summed E-state index contributed by atoms with van der Waals surface area (Å²) in [7, 11) is 1.59. The summed E-state index contributed by atoms with van der Waals surface area (Å²) in [4.78, 5) is 46.5. The molecule has 0 bridgehead atoms. The zero-order chi connectivity index (χ0) is 20.5. The van der Waals surface area contributed by atoms with Crippen LogP contribution in [0.1, 0.15) is 36.6 Å². The Morgan fingerprint density at radius 3 is 2.24 bits per heavy atom. The average molecular weight is 388 g/mol. The number of rotatable bonds is 4. The fourth-order valence-electron chi connectivity index (χ4n) is 3.17. The fraction of sp³-hybridized carbons (Fsp3) is 0.0909. The van der Waals surface area contributed by atoms with Gasteiger partial charge in [0.25, 0.3) is 11.8 Å². The van der Waals surface area contributed by atoms with E-state index in [0.717, 1.165) is 16.9 Å². The van der Waals surface area contributed by atoms with Crippen LogP contribution in [0.5, 0.6) is 5.75 Å². The molecule has 0 fully saturated rings. The molecule has 7 heteroatoms. The molecule has 1 aliphatic heterocycles. The van der Waals surface area contributed by atoms with Crippen molar-refractivity contribution < 1.29 is 24.0 Å². The zero-order valence-electron chi connectivity index (χ0n) is 15.7. The van der Waals surface area contributed by atoms with E-state index in [-0.39, 0.29) is 16.7 Å². The van der Waals surface area contributed by atoms with Crippen LogP contribution in [0.3, 0.4) is 0 Å². The summed E-state index contributed by atoms with van der Waals surface area (Å²) in [6.45, 7) is 1.92. The Kier molecular flexibility index (Phi) is 4.56. The van der Waals surface area contributed by atoms with Gasteiger partial charge >= 0.3 is 5.97 Å². The number of fused-ring (bicyclic) bond motifs is 1. The largest absolute Gasteiger partial charge is 0.497 e. The van der Waals surface area contributed by atoms with Crippen LogP contribution in [0.4, 0.5) is 0 Å². The van der Waals surface area contributed by atoms with Gasteiger partial charge in [0.2, 0.25) is 0 Å². The van der Waals surface area contributed by atoms with Gasteiger partial charge in [0.15, 0.2) is 0 Å². The number of imide groups is 1. The normalized spacial score (nSPS) is 12.7. The van der Waals surface area contributed by atoms with Crippen molar-refractivity contribution in [2.75, 3.05) is 7.11 Å². The lowest BCUT2D eigenvalue weighted by Gasteiger charge is -2.13. The van der Waals surface area contributed by atoms with Gasteiger partial charge in [-0.15, -0.1) is 0 Å². The molecule has 2 heterocycles. The number of nitrogens with zero attached hydrogens (tertiary/aromatic N) is 2. The number of carbonyl (C=O) groups is 3. The molecule has 0 saturated carbocycles. The SMILES string of the molecule is COc1ccc(-c2cncc(C(=O)ON3C(=O)c4ccccc4C3=O)c2)c(C)c1. The van der Waals surface area contributed by atoms with Crippen LogP contribution in [-0.4, -0.2) is 34.9 Å². The van der Waals surface area contributed by atoms with Gasteiger partial charge in [-0.3, -0.25) is 14.6 Å². The number of hydrogen-bond acceptors (Lipinski definition) is 6. The Morgan fingerprint density at radius 1 is 0.931 bits per heavy atom. The molecule has 7 nitrogen and oxygen atoms in total. The molecular formula is C22H16N2O5. The zero-order valence-corrected chi connectivity index (χ0v) is 15.7. The summed E-state index contributed by atoms with van der Waals surface area (Å²) in [5.74, 6) is -1.47. The molecule has 0 spiro atoms. The van der Waals surface area contributed by atoms with E-state index in [1.54, 1.807) is 31.5 Å². The minimum absolute atomic E-state index is 0.120. The molecule has 144 valence electrons. The number of methoxy groups -OCH3 is 1. The van der Waals surface area contributed by atoms with Crippen molar-refractivity contribution >= 4 is 17.8 Å². The molecule has 29 heavy (non-hydrogen) atoms. The van der Waals surface area contributed by atoms with E-state index in [0.29, 0.717) is 10.6 Å². The number of benzene rings is 2. The van der Waals surface area contributed by atoms with Gasteiger partial charge in [-0.05, 0) is 48.4 Å². The summed E-state index contributed by atoms with van der Waals surface area (Å²) >= 11 is 0. The van der Waals surface area contributed by atoms with E-state index >= 15 is 0 Å². The van der Waals surface area contributed by atoms with Gasteiger partial charge in [-0.2, -0.15) is 0 Å². The first kappa shape index (κ1) is 18.4. The van der Waals surface area contributed by atoms with Crippen LogP contribution in [0.2, 0.25) is 0 Å². The van der Waals surface area contributed by atoms with Gasteiger partial charge in [0, 0.05) is 18.0 Å². The number of ether oxygens (including phenoxy) is 1. The molecule has 1 aromatic heterocycles. The highest BCUT2D eigenvalue weighted by Gasteiger charge is 2.38. The third-order valence-corrected chi connectivity index (χ3v) is 4.65. The number of amides is 2. The number of aromatic nitrogens is 1. The molecule has 0 radical (unpaired) electrons. The Morgan fingerprint density at radius 2 is 1.62 bits per heavy atom. The average Bonchev–Trinajstić information content (AvgIpc) is 2.98. The molecule has 1 aliphatic rings. The second-order valence-corrected chi connectivity index (χ2v) is 6.47. The first-order valence-electron chi connectivity index (χ1n) is 8.80. The third-order valence-electron chi connectivity index (χ3n) is 4.65. The molecule has 0 unspecified atom stereocenters. The quantitative estimate of drug-likeness (QED) is 0.637. The van der Waals surface area contributed by atoms with Crippen LogP contribution < -0.4 is 4.74 Å². The maximum Gasteiger partial charge on any atom is 0.365 e. The van der Waals surface area contributed by atoms with E-state index in [1.807, 2.05) is 25.1 Å². The second-order valence-electron chi connectivity index (χ2n) is 6.47. The Bertz CT molecular complexity index is 1120. The minimum Gasteiger partial charge on any atom is -0.497 e. The molecule has 0 N–H and O–H groups in total. The summed E-state index contributed by atoms with van der Waals surface area (Å²) in [6.07, 6.45) is 2.94. The number of hydroxylamine groups is 2.